The second kappa shape index (κ2) is 11.2. The van der Waals surface area contributed by atoms with Gasteiger partial charge in [-0.25, -0.2) is 0 Å². The second-order valence-electron chi connectivity index (χ2n) is 8.79. The van der Waals surface area contributed by atoms with E-state index in [9.17, 15) is 9.59 Å². The summed E-state index contributed by atoms with van der Waals surface area (Å²) in [4.78, 5) is 28.3. The molecule has 2 amide bonds. The van der Waals surface area contributed by atoms with Crippen molar-refractivity contribution in [1.82, 2.24) is 10.2 Å². The summed E-state index contributed by atoms with van der Waals surface area (Å²) in [5.41, 5.74) is 2.89. The van der Waals surface area contributed by atoms with Crippen molar-refractivity contribution in [2.75, 3.05) is 51.3 Å². The molecule has 190 valence electrons. The summed E-state index contributed by atoms with van der Waals surface area (Å²) < 4.78 is 17.3. The SMILES string of the molecule is COc1cc(N2CC=C(Oc3ccc(-c4ccccc4)cc3)C2=O)ccc1OCCN1CCNC(=O)C1. The average molecular weight is 500 g/mol. The van der Waals surface area contributed by atoms with Crippen LogP contribution in [-0.2, 0) is 9.59 Å². The first-order chi connectivity index (χ1) is 18.1. The Labute approximate surface area is 216 Å². The summed E-state index contributed by atoms with van der Waals surface area (Å²) in [5.74, 6) is 1.83. The molecule has 0 spiro atoms. The van der Waals surface area contributed by atoms with Crippen LogP contribution in [0.25, 0.3) is 11.1 Å². The number of ether oxygens (including phenoxy) is 3. The predicted octanol–water partition coefficient (Wildman–Crippen LogP) is 3.48. The molecular weight excluding hydrogens is 470 g/mol. The Morgan fingerprint density at radius 3 is 2.46 bits per heavy atom. The molecular formula is C29H29N3O5. The molecule has 8 nitrogen and oxygen atoms in total. The molecule has 37 heavy (non-hydrogen) atoms. The van der Waals surface area contributed by atoms with Gasteiger partial charge < -0.3 is 24.4 Å². The fourth-order valence-corrected chi connectivity index (χ4v) is 4.37. The van der Waals surface area contributed by atoms with E-state index in [1.54, 1.807) is 30.2 Å². The van der Waals surface area contributed by atoms with Crippen LogP contribution >= 0.6 is 0 Å². The van der Waals surface area contributed by atoms with Crippen LogP contribution in [0, 0.1) is 0 Å². The van der Waals surface area contributed by atoms with Crippen LogP contribution < -0.4 is 24.4 Å². The number of methoxy groups -OCH3 is 1. The number of nitrogens with zero attached hydrogens (tertiary/aromatic N) is 2. The molecule has 0 bridgehead atoms. The lowest BCUT2D eigenvalue weighted by molar-refractivity contribution is -0.124. The van der Waals surface area contributed by atoms with Gasteiger partial charge in [-0.2, -0.15) is 0 Å². The first kappa shape index (κ1) is 24.4. The predicted molar refractivity (Wildman–Crippen MR) is 141 cm³/mol. The average Bonchev–Trinajstić information content (AvgIpc) is 3.29. The number of piperazine rings is 1. The highest BCUT2D eigenvalue weighted by Crippen LogP contribution is 2.34. The van der Waals surface area contributed by atoms with Crippen molar-refractivity contribution < 1.29 is 23.8 Å². The fraction of sp³-hybridized carbons (Fsp3) is 0.241. The van der Waals surface area contributed by atoms with Crippen molar-refractivity contribution in [3.05, 3.63) is 84.6 Å². The normalized spacial score (nSPS) is 15.8. The van der Waals surface area contributed by atoms with Crippen LogP contribution in [0.4, 0.5) is 5.69 Å². The van der Waals surface area contributed by atoms with Crippen molar-refractivity contribution in [3.63, 3.8) is 0 Å². The summed E-state index contributed by atoms with van der Waals surface area (Å²) in [5, 5.41) is 2.81. The molecule has 0 saturated carbocycles. The fourth-order valence-electron chi connectivity index (χ4n) is 4.37. The van der Waals surface area contributed by atoms with Crippen molar-refractivity contribution >= 4 is 17.5 Å². The van der Waals surface area contributed by atoms with Gasteiger partial charge in [0, 0.05) is 37.9 Å². The van der Waals surface area contributed by atoms with Gasteiger partial charge in [-0.15, -0.1) is 0 Å². The molecule has 0 radical (unpaired) electrons. The number of rotatable bonds is 9. The summed E-state index contributed by atoms with van der Waals surface area (Å²) in [6.07, 6.45) is 1.78. The van der Waals surface area contributed by atoms with E-state index < -0.39 is 0 Å². The van der Waals surface area contributed by atoms with Gasteiger partial charge in [0.2, 0.25) is 5.91 Å². The number of amides is 2. The molecule has 0 unspecified atom stereocenters. The van der Waals surface area contributed by atoms with Crippen LogP contribution in [0.1, 0.15) is 0 Å². The zero-order valence-electron chi connectivity index (χ0n) is 20.7. The molecule has 2 heterocycles. The lowest BCUT2D eigenvalue weighted by Gasteiger charge is -2.26. The molecule has 1 saturated heterocycles. The van der Waals surface area contributed by atoms with Gasteiger partial charge in [0.1, 0.15) is 12.4 Å². The number of carbonyl (C=O) groups excluding carboxylic acids is 2. The highest BCUT2D eigenvalue weighted by atomic mass is 16.5. The molecule has 3 aromatic carbocycles. The van der Waals surface area contributed by atoms with Gasteiger partial charge >= 0.3 is 0 Å². The first-order valence-corrected chi connectivity index (χ1v) is 12.3. The molecule has 0 aliphatic carbocycles. The number of benzene rings is 3. The van der Waals surface area contributed by atoms with Gasteiger partial charge in [-0.1, -0.05) is 42.5 Å². The Morgan fingerprint density at radius 1 is 0.919 bits per heavy atom. The highest BCUT2D eigenvalue weighted by molar-refractivity contribution is 6.07. The summed E-state index contributed by atoms with van der Waals surface area (Å²) in [7, 11) is 1.57. The highest BCUT2D eigenvalue weighted by Gasteiger charge is 2.28. The zero-order chi connectivity index (χ0) is 25.6. The van der Waals surface area contributed by atoms with Crippen molar-refractivity contribution in [3.8, 4) is 28.4 Å². The van der Waals surface area contributed by atoms with E-state index in [1.165, 1.54) is 0 Å². The summed E-state index contributed by atoms with van der Waals surface area (Å²) in [6, 6.07) is 23.2. The maximum absolute atomic E-state index is 13.1. The number of carbonyl (C=O) groups is 2. The summed E-state index contributed by atoms with van der Waals surface area (Å²) in [6.45, 7) is 3.30. The third-order valence-electron chi connectivity index (χ3n) is 6.35. The van der Waals surface area contributed by atoms with Crippen molar-refractivity contribution in [1.29, 1.82) is 0 Å². The van der Waals surface area contributed by atoms with Crippen LogP contribution in [-0.4, -0.2) is 63.2 Å². The topological polar surface area (TPSA) is 80.3 Å². The monoisotopic (exact) mass is 499 g/mol. The Kier molecular flexibility index (Phi) is 7.37. The van der Waals surface area contributed by atoms with Crippen LogP contribution in [0.2, 0.25) is 0 Å². The van der Waals surface area contributed by atoms with E-state index in [0.29, 0.717) is 55.7 Å². The molecule has 3 aromatic rings. The molecule has 1 N–H and O–H groups in total. The molecule has 0 atom stereocenters. The Balaban J connectivity index is 1.18. The molecule has 0 aromatic heterocycles. The first-order valence-electron chi connectivity index (χ1n) is 12.3. The van der Waals surface area contributed by atoms with Gasteiger partial charge in [0.15, 0.2) is 17.3 Å². The summed E-state index contributed by atoms with van der Waals surface area (Å²) >= 11 is 0. The van der Waals surface area contributed by atoms with E-state index in [-0.39, 0.29) is 17.6 Å². The van der Waals surface area contributed by atoms with Crippen LogP contribution in [0.15, 0.2) is 84.6 Å². The van der Waals surface area contributed by atoms with Crippen LogP contribution in [0.5, 0.6) is 17.2 Å². The minimum absolute atomic E-state index is 0.0321. The van der Waals surface area contributed by atoms with E-state index in [2.05, 4.69) is 17.4 Å². The lowest BCUT2D eigenvalue weighted by Crippen LogP contribution is -2.48. The molecule has 8 heteroatoms. The number of hydrogen-bond donors (Lipinski definition) is 1. The van der Waals surface area contributed by atoms with Gasteiger partial charge in [0.05, 0.1) is 13.7 Å². The van der Waals surface area contributed by atoms with Crippen LogP contribution in [0.3, 0.4) is 0 Å². The number of nitrogens with one attached hydrogen (secondary N) is 1. The molecule has 2 aliphatic heterocycles. The third kappa shape index (κ3) is 5.76. The number of hydrogen-bond acceptors (Lipinski definition) is 6. The van der Waals surface area contributed by atoms with Crippen molar-refractivity contribution in [2.24, 2.45) is 0 Å². The number of anilines is 1. The van der Waals surface area contributed by atoms with Crippen molar-refractivity contribution in [2.45, 2.75) is 0 Å². The Bertz CT molecular complexity index is 1290. The minimum Gasteiger partial charge on any atom is -0.493 e. The van der Waals surface area contributed by atoms with E-state index >= 15 is 0 Å². The van der Waals surface area contributed by atoms with Gasteiger partial charge in [-0.3, -0.25) is 14.5 Å². The third-order valence-corrected chi connectivity index (χ3v) is 6.35. The maximum atomic E-state index is 13.1. The van der Waals surface area contributed by atoms with Gasteiger partial charge in [0.25, 0.3) is 5.91 Å². The molecule has 5 rings (SSSR count). The van der Waals surface area contributed by atoms with Gasteiger partial charge in [-0.05, 0) is 41.5 Å². The maximum Gasteiger partial charge on any atom is 0.294 e. The smallest absolute Gasteiger partial charge is 0.294 e. The Hall–Kier alpha value is -4.30. The minimum atomic E-state index is -0.216. The van der Waals surface area contributed by atoms with E-state index in [1.807, 2.05) is 53.4 Å². The largest absolute Gasteiger partial charge is 0.493 e. The zero-order valence-corrected chi connectivity index (χ0v) is 20.7. The molecule has 2 aliphatic rings. The second-order valence-corrected chi connectivity index (χ2v) is 8.79. The lowest BCUT2D eigenvalue weighted by atomic mass is 10.1. The van der Waals surface area contributed by atoms with E-state index in [0.717, 1.165) is 17.7 Å². The standard InChI is InChI=1S/C29H29N3O5/c1-35-27-19-23(9-12-25(27)36-18-17-31-16-14-30-28(33)20-31)32-15-13-26(29(32)34)37-24-10-7-22(8-11-24)21-5-3-2-4-6-21/h2-13,19H,14-18,20H2,1H3,(H,30,33). The Morgan fingerprint density at radius 2 is 1.70 bits per heavy atom. The molecule has 1 fully saturated rings. The quantitative estimate of drug-likeness (QED) is 0.486. The van der Waals surface area contributed by atoms with E-state index in [4.69, 9.17) is 14.2 Å².